The molecule has 0 aromatic heterocycles. The fourth-order valence-electron chi connectivity index (χ4n) is 1.73. The lowest BCUT2D eigenvalue weighted by molar-refractivity contribution is -0.274. The van der Waals surface area contributed by atoms with Crippen molar-refractivity contribution in [3.05, 3.63) is 65.5 Å². The van der Waals surface area contributed by atoms with Crippen LogP contribution >= 0.6 is 0 Å². The summed E-state index contributed by atoms with van der Waals surface area (Å²) in [5.41, 5.74) is 0.457. The molecule has 22 heavy (non-hydrogen) atoms. The van der Waals surface area contributed by atoms with Crippen LogP contribution in [-0.2, 0) is 6.54 Å². The molecule has 0 atom stereocenters. The largest absolute Gasteiger partial charge is 0.573 e. The Morgan fingerprint density at radius 2 is 1.68 bits per heavy atom. The van der Waals surface area contributed by atoms with Gasteiger partial charge in [0.15, 0.2) is 0 Å². The van der Waals surface area contributed by atoms with E-state index >= 15 is 0 Å². The van der Waals surface area contributed by atoms with Gasteiger partial charge in [-0.1, -0.05) is 18.2 Å². The number of hydrogen-bond donors (Lipinski definition) is 1. The van der Waals surface area contributed by atoms with Gasteiger partial charge in [-0.15, -0.1) is 13.2 Å². The molecule has 2 aromatic carbocycles. The van der Waals surface area contributed by atoms with E-state index in [2.05, 4.69) is 10.1 Å². The number of hydrogen-bond acceptors (Lipinski definition) is 2. The van der Waals surface area contributed by atoms with Crippen molar-refractivity contribution in [2.45, 2.75) is 12.9 Å². The first-order valence-electron chi connectivity index (χ1n) is 6.22. The van der Waals surface area contributed by atoms with Crippen LogP contribution in [0.15, 0.2) is 48.5 Å². The van der Waals surface area contributed by atoms with Gasteiger partial charge >= 0.3 is 6.36 Å². The first-order valence-corrected chi connectivity index (χ1v) is 6.22. The maximum Gasteiger partial charge on any atom is 0.573 e. The Morgan fingerprint density at radius 1 is 1.05 bits per heavy atom. The van der Waals surface area contributed by atoms with E-state index in [-0.39, 0.29) is 12.1 Å². The highest BCUT2D eigenvalue weighted by Gasteiger charge is 2.31. The lowest BCUT2D eigenvalue weighted by Crippen LogP contribution is -2.23. The topological polar surface area (TPSA) is 38.3 Å². The fraction of sp³-hybridized carbons (Fsp3) is 0.133. The van der Waals surface area contributed by atoms with Crippen LogP contribution in [0.4, 0.5) is 17.6 Å². The van der Waals surface area contributed by atoms with Gasteiger partial charge in [-0.05, 0) is 30.3 Å². The number of alkyl halides is 3. The third kappa shape index (κ3) is 4.47. The molecule has 3 nitrogen and oxygen atoms in total. The molecule has 0 aliphatic rings. The van der Waals surface area contributed by atoms with Crippen LogP contribution in [0.3, 0.4) is 0 Å². The zero-order chi connectivity index (χ0) is 16.2. The molecule has 0 aliphatic carbocycles. The summed E-state index contributed by atoms with van der Waals surface area (Å²) in [6.45, 7) is -0.0215. The average molecular weight is 313 g/mol. The summed E-state index contributed by atoms with van der Waals surface area (Å²) in [7, 11) is 0. The van der Waals surface area contributed by atoms with Gasteiger partial charge in [-0.25, -0.2) is 4.39 Å². The zero-order valence-corrected chi connectivity index (χ0v) is 11.2. The molecular formula is C15H11F4NO2. The van der Waals surface area contributed by atoms with Crippen molar-refractivity contribution in [1.82, 2.24) is 5.32 Å². The Morgan fingerprint density at radius 3 is 2.27 bits per heavy atom. The Labute approximate surface area is 123 Å². The summed E-state index contributed by atoms with van der Waals surface area (Å²) < 4.78 is 53.1. The van der Waals surface area contributed by atoms with Crippen LogP contribution in [0.1, 0.15) is 15.9 Å². The van der Waals surface area contributed by atoms with Gasteiger partial charge in [0.2, 0.25) is 0 Å². The predicted octanol–water partition coefficient (Wildman–Crippen LogP) is 3.65. The van der Waals surface area contributed by atoms with E-state index in [0.717, 1.165) is 12.1 Å². The highest BCUT2D eigenvalue weighted by atomic mass is 19.4. The van der Waals surface area contributed by atoms with Crippen molar-refractivity contribution in [3.8, 4) is 5.75 Å². The molecule has 0 saturated carbocycles. The zero-order valence-electron chi connectivity index (χ0n) is 11.2. The van der Waals surface area contributed by atoms with E-state index in [1.165, 1.54) is 30.3 Å². The molecule has 1 amide bonds. The van der Waals surface area contributed by atoms with Crippen molar-refractivity contribution in [3.63, 3.8) is 0 Å². The number of benzene rings is 2. The van der Waals surface area contributed by atoms with Crippen molar-refractivity contribution in [2.24, 2.45) is 0 Å². The SMILES string of the molecule is O=C(NCc1ccccc1F)c1ccc(OC(F)(F)F)cc1. The van der Waals surface area contributed by atoms with Gasteiger partial charge in [-0.2, -0.15) is 0 Å². The number of halogens is 4. The maximum absolute atomic E-state index is 13.4. The highest BCUT2D eigenvalue weighted by molar-refractivity contribution is 5.94. The minimum Gasteiger partial charge on any atom is -0.406 e. The Balaban J connectivity index is 1.97. The van der Waals surface area contributed by atoms with E-state index in [0.29, 0.717) is 5.56 Å². The van der Waals surface area contributed by atoms with Gasteiger partial charge < -0.3 is 10.1 Å². The molecule has 0 spiro atoms. The molecular weight excluding hydrogens is 302 g/mol. The van der Waals surface area contributed by atoms with Crippen LogP contribution in [0, 0.1) is 5.82 Å². The van der Waals surface area contributed by atoms with Crippen molar-refractivity contribution < 1.29 is 27.1 Å². The molecule has 0 fully saturated rings. The van der Waals surface area contributed by atoms with Crippen LogP contribution in [-0.4, -0.2) is 12.3 Å². The van der Waals surface area contributed by atoms with E-state index in [9.17, 15) is 22.4 Å². The standard InChI is InChI=1S/C15H11F4NO2/c16-13-4-2-1-3-11(13)9-20-14(21)10-5-7-12(8-6-10)22-15(17,18)19/h1-8H,9H2,(H,20,21). The second kappa shape index (κ2) is 6.46. The minimum atomic E-state index is -4.78. The normalized spacial score (nSPS) is 11.1. The minimum absolute atomic E-state index is 0.0215. The molecule has 0 saturated heterocycles. The molecule has 1 N–H and O–H groups in total. The number of carbonyl (C=O) groups is 1. The first-order chi connectivity index (χ1) is 10.3. The van der Waals surface area contributed by atoms with Gasteiger partial charge in [0.25, 0.3) is 5.91 Å². The van der Waals surface area contributed by atoms with Crippen molar-refractivity contribution in [1.29, 1.82) is 0 Å². The Kier molecular flexibility index (Phi) is 4.65. The third-order valence-electron chi connectivity index (χ3n) is 2.75. The maximum atomic E-state index is 13.4. The second-order valence-electron chi connectivity index (χ2n) is 4.35. The molecule has 0 unspecified atom stereocenters. The Hall–Kier alpha value is -2.57. The third-order valence-corrected chi connectivity index (χ3v) is 2.75. The monoisotopic (exact) mass is 313 g/mol. The molecule has 0 heterocycles. The molecule has 0 aliphatic heterocycles. The number of ether oxygens (including phenoxy) is 1. The summed E-state index contributed by atoms with van der Waals surface area (Å²) >= 11 is 0. The second-order valence-corrected chi connectivity index (χ2v) is 4.35. The fourth-order valence-corrected chi connectivity index (χ4v) is 1.73. The van der Waals surface area contributed by atoms with E-state index in [1.54, 1.807) is 6.07 Å². The molecule has 2 aromatic rings. The van der Waals surface area contributed by atoms with Gasteiger partial charge in [-0.3, -0.25) is 4.79 Å². The summed E-state index contributed by atoms with van der Waals surface area (Å²) in [4.78, 5) is 11.8. The molecule has 0 bridgehead atoms. The van der Waals surface area contributed by atoms with Crippen LogP contribution in [0.5, 0.6) is 5.75 Å². The van der Waals surface area contributed by atoms with Crippen LogP contribution in [0.2, 0.25) is 0 Å². The van der Waals surface area contributed by atoms with Crippen LogP contribution in [0.25, 0.3) is 0 Å². The quantitative estimate of drug-likeness (QED) is 0.875. The first kappa shape index (κ1) is 15.8. The van der Waals surface area contributed by atoms with Crippen LogP contribution < -0.4 is 10.1 Å². The average Bonchev–Trinajstić information content (AvgIpc) is 2.45. The smallest absolute Gasteiger partial charge is 0.406 e. The number of carbonyl (C=O) groups excluding carboxylic acids is 1. The van der Waals surface area contributed by atoms with Gasteiger partial charge in [0.1, 0.15) is 11.6 Å². The summed E-state index contributed by atoms with van der Waals surface area (Å²) in [5, 5.41) is 2.48. The van der Waals surface area contributed by atoms with Crippen molar-refractivity contribution in [2.75, 3.05) is 0 Å². The number of rotatable bonds is 4. The summed E-state index contributed by atoms with van der Waals surface area (Å²) in [6, 6.07) is 10.4. The van der Waals surface area contributed by atoms with E-state index in [4.69, 9.17) is 0 Å². The number of nitrogens with one attached hydrogen (secondary N) is 1. The molecule has 2 rings (SSSR count). The molecule has 116 valence electrons. The van der Waals surface area contributed by atoms with E-state index in [1.807, 2.05) is 0 Å². The lowest BCUT2D eigenvalue weighted by atomic mass is 10.2. The Bertz CT molecular complexity index is 653. The predicted molar refractivity (Wildman–Crippen MR) is 70.7 cm³/mol. The number of amides is 1. The van der Waals surface area contributed by atoms with Crippen molar-refractivity contribution >= 4 is 5.91 Å². The van der Waals surface area contributed by atoms with E-state index < -0.39 is 23.8 Å². The lowest BCUT2D eigenvalue weighted by Gasteiger charge is -2.09. The summed E-state index contributed by atoms with van der Waals surface area (Å²) in [6.07, 6.45) is -4.78. The van der Waals surface area contributed by atoms with Gasteiger partial charge in [0, 0.05) is 17.7 Å². The van der Waals surface area contributed by atoms with Gasteiger partial charge in [0.05, 0.1) is 0 Å². The molecule has 0 radical (unpaired) electrons. The summed E-state index contributed by atoms with van der Waals surface area (Å²) in [5.74, 6) is -1.39. The molecule has 7 heteroatoms. The highest BCUT2D eigenvalue weighted by Crippen LogP contribution is 2.22.